The quantitative estimate of drug-likeness (QED) is 0.481. The van der Waals surface area contributed by atoms with Crippen molar-refractivity contribution in [2.75, 3.05) is 0 Å². The minimum absolute atomic E-state index is 0. The smallest absolute Gasteiger partial charge is 0.0613 e. The Morgan fingerprint density at radius 1 is 1.16 bits per heavy atom. The average Bonchev–Trinajstić information content (AvgIpc) is 2.35. The van der Waals surface area contributed by atoms with Crippen molar-refractivity contribution < 1.29 is 32.7 Å². The van der Waals surface area contributed by atoms with Gasteiger partial charge < -0.3 is 18.8 Å². The third-order valence-corrected chi connectivity index (χ3v) is 3.88. The largest absolute Gasteiger partial charge is 0.788 e. The Bertz CT molecular complexity index is 553. The summed E-state index contributed by atoms with van der Waals surface area (Å²) >= 11 is 6.76. The molecule has 0 spiro atoms. The number of thioether (sulfide) groups is 1. The summed E-state index contributed by atoms with van der Waals surface area (Å²) < 4.78 is 0. The molecule has 0 unspecified atom stereocenters. The van der Waals surface area contributed by atoms with E-state index < -0.39 is 0 Å². The van der Waals surface area contributed by atoms with E-state index in [-0.39, 0.29) is 38.9 Å². The Morgan fingerprint density at radius 3 is 2.26 bits per heavy atom. The van der Waals surface area contributed by atoms with E-state index in [1.54, 1.807) is 11.8 Å². The summed E-state index contributed by atoms with van der Waals surface area (Å²) in [7, 11) is 0. The second-order valence-corrected chi connectivity index (χ2v) is 5.40. The van der Waals surface area contributed by atoms with Gasteiger partial charge >= 0.3 is 0 Å². The number of fused-ring (bicyclic) bond motifs is 1. The molecule has 0 amide bonds. The van der Waals surface area contributed by atoms with Crippen LogP contribution in [0.15, 0.2) is 36.4 Å². The standard InChI is InChI=1S/C14H15NS2.H2N.Y/c1-10(15)17-9-13-7-3-5-11-4-2-6-12(8-16)14(11)13;;/h2-7,15-16H,8-9H2,1H3;1H2;/q;-1;/p-1. The predicted molar refractivity (Wildman–Crippen MR) is 85.0 cm³/mol. The number of benzene rings is 2. The van der Waals surface area contributed by atoms with Crippen molar-refractivity contribution in [1.29, 1.82) is 5.41 Å². The van der Waals surface area contributed by atoms with Gasteiger partial charge in [-0.2, -0.15) is 0 Å². The molecule has 2 aromatic carbocycles. The van der Waals surface area contributed by atoms with Crippen molar-refractivity contribution in [1.82, 2.24) is 0 Å². The molecule has 0 saturated heterocycles. The molecule has 19 heavy (non-hydrogen) atoms. The van der Waals surface area contributed by atoms with Crippen LogP contribution < -0.4 is 0 Å². The Kier molecular flexibility index (Phi) is 9.20. The van der Waals surface area contributed by atoms with Crippen LogP contribution in [0.2, 0.25) is 0 Å². The van der Waals surface area contributed by atoms with Gasteiger partial charge in [0, 0.05) is 38.5 Å². The van der Waals surface area contributed by atoms with Crippen LogP contribution in [-0.2, 0) is 56.8 Å². The van der Waals surface area contributed by atoms with Gasteiger partial charge in [-0.05, 0) is 23.3 Å². The summed E-state index contributed by atoms with van der Waals surface area (Å²) in [5.74, 6) is 1.49. The second-order valence-electron chi connectivity index (χ2n) is 3.92. The fraction of sp³-hybridized carbons (Fsp3) is 0.214. The summed E-state index contributed by atoms with van der Waals surface area (Å²) in [6.45, 7) is 1.82. The number of hydrogen-bond acceptors (Lipinski definition) is 3. The molecule has 99 valence electrons. The zero-order chi connectivity index (χ0) is 12.3. The van der Waals surface area contributed by atoms with Gasteiger partial charge in [0.1, 0.15) is 0 Å². The molecule has 0 aliphatic carbocycles. The number of nitrogens with one attached hydrogen (secondary N) is 1. The average molecular weight is 365 g/mol. The van der Waals surface area contributed by atoms with Crippen LogP contribution in [0.4, 0.5) is 0 Å². The normalized spacial score (nSPS) is 9.58. The van der Waals surface area contributed by atoms with Crippen molar-refractivity contribution in [3.05, 3.63) is 53.7 Å². The maximum Gasteiger partial charge on any atom is 0.0613 e. The van der Waals surface area contributed by atoms with E-state index in [9.17, 15) is 0 Å². The van der Waals surface area contributed by atoms with Crippen LogP contribution in [0, 0.1) is 5.41 Å². The van der Waals surface area contributed by atoms with Gasteiger partial charge in [0.25, 0.3) is 0 Å². The first-order chi connectivity index (χ1) is 8.22. The van der Waals surface area contributed by atoms with Crippen molar-refractivity contribution in [2.24, 2.45) is 0 Å². The van der Waals surface area contributed by atoms with Gasteiger partial charge in [-0.1, -0.05) is 42.0 Å². The maximum atomic E-state index is 7.49. The fourth-order valence-electron chi connectivity index (χ4n) is 1.93. The molecule has 2 aromatic rings. The van der Waals surface area contributed by atoms with Crippen molar-refractivity contribution >= 4 is 40.2 Å². The van der Waals surface area contributed by atoms with Crippen LogP contribution >= 0.6 is 11.8 Å². The van der Waals surface area contributed by atoms with E-state index in [1.165, 1.54) is 21.9 Å². The Labute approximate surface area is 149 Å². The molecule has 0 atom stereocenters. The molecule has 0 bridgehead atoms. The zero-order valence-corrected chi connectivity index (χ0v) is 15.3. The fourth-order valence-corrected chi connectivity index (χ4v) is 2.78. The van der Waals surface area contributed by atoms with Crippen LogP contribution in [0.1, 0.15) is 18.1 Å². The third-order valence-electron chi connectivity index (χ3n) is 2.68. The summed E-state index contributed by atoms with van der Waals surface area (Å²) in [6.07, 6.45) is 0. The van der Waals surface area contributed by atoms with Crippen LogP contribution in [-0.4, -0.2) is 5.04 Å². The summed E-state index contributed by atoms with van der Waals surface area (Å²) in [4.78, 5) is 0. The van der Waals surface area contributed by atoms with Crippen LogP contribution in [0.5, 0.6) is 0 Å². The van der Waals surface area contributed by atoms with Gasteiger partial charge in [-0.15, -0.1) is 17.5 Å². The summed E-state index contributed by atoms with van der Waals surface area (Å²) in [6, 6.07) is 12.6. The van der Waals surface area contributed by atoms with Crippen LogP contribution in [0.3, 0.4) is 0 Å². The predicted octanol–water partition coefficient (Wildman–Crippen LogP) is 4.83. The first kappa shape index (κ1) is 19.1. The van der Waals surface area contributed by atoms with E-state index in [2.05, 4.69) is 36.4 Å². The SMILES string of the molecule is CC(=N)SCc1cccc2cccc(C[S-])c12.[NH2-].[Y]. The number of rotatable bonds is 3. The maximum absolute atomic E-state index is 7.49. The monoisotopic (exact) mass is 365 g/mol. The van der Waals surface area contributed by atoms with Crippen molar-refractivity contribution in [3.63, 3.8) is 0 Å². The van der Waals surface area contributed by atoms with Gasteiger partial charge in [-0.25, -0.2) is 0 Å². The molecule has 5 heteroatoms. The van der Waals surface area contributed by atoms with Gasteiger partial charge in [0.15, 0.2) is 0 Å². The summed E-state index contributed by atoms with van der Waals surface area (Å²) in [5.41, 5.74) is 2.50. The van der Waals surface area contributed by atoms with E-state index >= 15 is 0 Å². The van der Waals surface area contributed by atoms with E-state index in [0.29, 0.717) is 10.8 Å². The zero-order valence-electron chi connectivity index (χ0n) is 10.8. The molecule has 0 heterocycles. The van der Waals surface area contributed by atoms with Gasteiger partial charge in [0.05, 0.1) is 5.04 Å². The summed E-state index contributed by atoms with van der Waals surface area (Å²) in [5, 5.41) is 10.7. The third kappa shape index (κ3) is 4.87. The molecule has 0 fully saturated rings. The van der Waals surface area contributed by atoms with Crippen LogP contribution in [0.25, 0.3) is 16.9 Å². The van der Waals surface area contributed by atoms with E-state index in [4.69, 9.17) is 18.0 Å². The van der Waals surface area contributed by atoms with Gasteiger partial charge in [0.2, 0.25) is 0 Å². The van der Waals surface area contributed by atoms with Crippen molar-refractivity contribution in [3.8, 4) is 0 Å². The molecule has 2 rings (SSSR count). The Hall–Kier alpha value is 0.134. The minimum atomic E-state index is 0. The second kappa shape index (κ2) is 9.14. The molecule has 2 nitrogen and oxygen atoms in total. The molecule has 0 saturated carbocycles. The Morgan fingerprint density at radius 2 is 1.74 bits per heavy atom. The molecule has 0 aliphatic rings. The first-order valence-electron chi connectivity index (χ1n) is 5.48. The van der Waals surface area contributed by atoms with E-state index in [1.807, 2.05) is 6.92 Å². The molecule has 1 radical (unpaired) electrons. The Balaban J connectivity index is 0.00000162. The molecule has 0 aliphatic heterocycles. The minimum Gasteiger partial charge on any atom is -0.788 e. The number of nitrogens with two attached hydrogens (primary N) is 1. The van der Waals surface area contributed by atoms with Crippen molar-refractivity contribution in [2.45, 2.75) is 18.4 Å². The molecule has 0 aromatic heterocycles. The van der Waals surface area contributed by atoms with E-state index in [0.717, 1.165) is 5.75 Å². The number of hydrogen-bond donors (Lipinski definition) is 1. The first-order valence-corrected chi connectivity index (χ1v) is 7.04. The molecular weight excluding hydrogens is 349 g/mol. The topological polar surface area (TPSA) is 57.4 Å². The van der Waals surface area contributed by atoms with Gasteiger partial charge in [-0.3, -0.25) is 5.41 Å². The molecular formula is C14H16N2S2Y-2. The molecule has 3 N–H and O–H groups in total.